The molecular formula is C26H37ClN8O4. The van der Waals surface area contributed by atoms with Gasteiger partial charge in [-0.05, 0) is 73.6 Å². The molecule has 0 spiro atoms. The highest BCUT2D eigenvalue weighted by Gasteiger charge is 2.60. The molecule has 3 aromatic rings. The standard InChI is InChI=1S/C26H37ClN8O4/c1-23(2)24(3,4)33(37)21(32(23)36)19-28-9-11-30(19)17-13-16(27)14-18(15-17)31-12-10-29-20(31)22-34(38)25(5,6)26(7,8)35(22)39/h9-15,21-22,36-39H,1-8H3. The van der Waals surface area contributed by atoms with Crippen molar-refractivity contribution in [3.8, 4) is 11.4 Å². The van der Waals surface area contributed by atoms with Crippen molar-refractivity contribution in [2.75, 3.05) is 0 Å². The Kier molecular flexibility index (Phi) is 6.35. The number of hydrogen-bond donors (Lipinski definition) is 4. The van der Waals surface area contributed by atoms with E-state index in [0.717, 1.165) is 20.3 Å². The topological polar surface area (TPSA) is 130 Å². The third-order valence-electron chi connectivity index (χ3n) is 9.44. The van der Waals surface area contributed by atoms with Crippen LogP contribution < -0.4 is 0 Å². The molecule has 0 unspecified atom stereocenters. The van der Waals surface area contributed by atoms with Gasteiger partial charge in [-0.3, -0.25) is 0 Å². The average Bonchev–Trinajstić information content (AvgIpc) is 3.57. The summed E-state index contributed by atoms with van der Waals surface area (Å²) in [5, 5.41) is 49.3. The van der Waals surface area contributed by atoms with Crippen LogP contribution in [0.1, 0.15) is 79.4 Å². The minimum absolute atomic E-state index is 0.389. The van der Waals surface area contributed by atoms with Crippen LogP contribution >= 0.6 is 11.6 Å². The van der Waals surface area contributed by atoms with Crippen molar-refractivity contribution in [2.24, 2.45) is 0 Å². The van der Waals surface area contributed by atoms with Crippen LogP contribution in [0.3, 0.4) is 0 Å². The molecule has 5 rings (SSSR count). The Balaban J connectivity index is 1.58. The summed E-state index contributed by atoms with van der Waals surface area (Å²) in [5.74, 6) is 0.778. The van der Waals surface area contributed by atoms with Crippen LogP contribution in [0.5, 0.6) is 0 Å². The average molecular weight is 561 g/mol. The van der Waals surface area contributed by atoms with E-state index in [1.54, 1.807) is 46.1 Å². The first-order chi connectivity index (χ1) is 18.0. The van der Waals surface area contributed by atoms with E-state index in [0.29, 0.717) is 28.0 Å². The summed E-state index contributed by atoms with van der Waals surface area (Å²) >= 11 is 6.60. The summed E-state index contributed by atoms with van der Waals surface area (Å²) in [6, 6.07) is 5.35. The van der Waals surface area contributed by atoms with Crippen LogP contribution in [0.15, 0.2) is 43.0 Å². The zero-order chi connectivity index (χ0) is 28.9. The lowest BCUT2D eigenvalue weighted by atomic mass is 9.84. The van der Waals surface area contributed by atoms with Gasteiger partial charge in [-0.2, -0.15) is 20.3 Å². The van der Waals surface area contributed by atoms with Crippen LogP contribution in [0.2, 0.25) is 5.02 Å². The molecule has 12 nitrogen and oxygen atoms in total. The first-order valence-corrected chi connectivity index (χ1v) is 13.1. The summed E-state index contributed by atoms with van der Waals surface area (Å²) in [4.78, 5) is 8.96. The smallest absolute Gasteiger partial charge is 0.169 e. The molecule has 0 amide bonds. The van der Waals surface area contributed by atoms with Crippen molar-refractivity contribution in [3.63, 3.8) is 0 Å². The Hall–Kier alpha value is -2.39. The molecule has 2 saturated heterocycles. The van der Waals surface area contributed by atoms with E-state index in [4.69, 9.17) is 11.6 Å². The van der Waals surface area contributed by atoms with E-state index < -0.39 is 34.5 Å². The number of aromatic nitrogens is 4. The van der Waals surface area contributed by atoms with Crippen LogP contribution in [-0.2, 0) is 0 Å². The molecular weight excluding hydrogens is 524 g/mol. The number of hydrogen-bond acceptors (Lipinski definition) is 10. The van der Waals surface area contributed by atoms with Gasteiger partial charge < -0.3 is 30.0 Å². The summed E-state index contributed by atoms with van der Waals surface area (Å²) in [5.41, 5.74) is -1.90. The van der Waals surface area contributed by atoms with Gasteiger partial charge in [-0.25, -0.2) is 9.97 Å². The Bertz CT molecular complexity index is 1260. The van der Waals surface area contributed by atoms with Gasteiger partial charge in [0.05, 0.1) is 33.5 Å². The number of imidazole rings is 2. The molecule has 39 heavy (non-hydrogen) atoms. The summed E-state index contributed by atoms with van der Waals surface area (Å²) < 4.78 is 3.50. The quantitative estimate of drug-likeness (QED) is 0.359. The van der Waals surface area contributed by atoms with Crippen LogP contribution in [0.4, 0.5) is 0 Å². The lowest BCUT2D eigenvalue weighted by molar-refractivity contribution is -0.226. The molecule has 2 aliphatic heterocycles. The van der Waals surface area contributed by atoms with Crippen LogP contribution in [0.25, 0.3) is 11.4 Å². The SMILES string of the molecule is CC1(C)N(O)C(c2nccn2-c2cc(Cl)cc(-n3ccnc3C3N(O)C(C)(C)C(C)(C)N3O)c2)N(O)C1(C)C. The maximum Gasteiger partial charge on any atom is 0.169 e. The van der Waals surface area contributed by atoms with Gasteiger partial charge in [0.1, 0.15) is 11.6 Å². The predicted molar refractivity (Wildman–Crippen MR) is 142 cm³/mol. The summed E-state index contributed by atoms with van der Waals surface area (Å²) in [6.07, 6.45) is 4.76. The molecule has 0 atom stereocenters. The molecule has 2 fully saturated rings. The minimum atomic E-state index is -0.940. The van der Waals surface area contributed by atoms with Crippen molar-refractivity contribution in [2.45, 2.75) is 89.9 Å². The zero-order valence-corrected chi connectivity index (χ0v) is 24.2. The van der Waals surface area contributed by atoms with Crippen molar-refractivity contribution in [1.82, 2.24) is 39.4 Å². The van der Waals surface area contributed by atoms with E-state index in [2.05, 4.69) is 9.97 Å². The second-order valence-electron chi connectivity index (χ2n) is 12.3. The normalized spacial score (nSPS) is 24.2. The lowest BCUT2D eigenvalue weighted by Crippen LogP contribution is -2.52. The first-order valence-electron chi connectivity index (χ1n) is 12.8. The first kappa shape index (κ1) is 28.1. The van der Waals surface area contributed by atoms with E-state index in [-0.39, 0.29) is 0 Å². The van der Waals surface area contributed by atoms with Gasteiger partial charge in [0, 0.05) is 29.8 Å². The highest BCUT2D eigenvalue weighted by Crippen LogP contribution is 2.48. The molecule has 2 aliphatic rings. The van der Waals surface area contributed by atoms with E-state index >= 15 is 0 Å². The number of benzene rings is 1. The van der Waals surface area contributed by atoms with Crippen molar-refractivity contribution < 1.29 is 20.8 Å². The molecule has 4 N–H and O–H groups in total. The molecule has 0 bridgehead atoms. The highest BCUT2D eigenvalue weighted by atomic mass is 35.5. The number of hydroxylamine groups is 8. The number of rotatable bonds is 4. The zero-order valence-electron chi connectivity index (χ0n) is 23.4. The Morgan fingerprint density at radius 1 is 0.590 bits per heavy atom. The van der Waals surface area contributed by atoms with Gasteiger partial charge >= 0.3 is 0 Å². The van der Waals surface area contributed by atoms with E-state index in [1.807, 2.05) is 61.5 Å². The molecule has 2 aromatic heterocycles. The summed E-state index contributed by atoms with van der Waals surface area (Å²) in [6.45, 7) is 14.8. The van der Waals surface area contributed by atoms with Gasteiger partial charge in [-0.15, -0.1) is 0 Å². The summed E-state index contributed by atoms with van der Waals surface area (Å²) in [7, 11) is 0. The molecule has 1 aromatic carbocycles. The molecule has 0 radical (unpaired) electrons. The van der Waals surface area contributed by atoms with E-state index in [1.165, 1.54) is 0 Å². The fraction of sp³-hybridized carbons (Fsp3) is 0.538. The molecule has 4 heterocycles. The minimum Gasteiger partial charge on any atom is -0.311 e. The van der Waals surface area contributed by atoms with Gasteiger partial charge in [-0.1, -0.05) is 11.6 Å². The lowest BCUT2D eigenvalue weighted by Gasteiger charge is -2.37. The highest BCUT2D eigenvalue weighted by molar-refractivity contribution is 6.31. The second-order valence-corrected chi connectivity index (χ2v) is 12.8. The Morgan fingerprint density at radius 3 is 1.21 bits per heavy atom. The third kappa shape index (κ3) is 3.75. The fourth-order valence-corrected chi connectivity index (χ4v) is 5.50. The van der Waals surface area contributed by atoms with Crippen molar-refractivity contribution in [3.05, 3.63) is 59.7 Å². The predicted octanol–water partition coefficient (Wildman–Crippen LogP) is 4.62. The van der Waals surface area contributed by atoms with Crippen molar-refractivity contribution in [1.29, 1.82) is 0 Å². The van der Waals surface area contributed by atoms with Gasteiger partial charge in [0.15, 0.2) is 12.3 Å². The second kappa shape index (κ2) is 8.80. The van der Waals surface area contributed by atoms with Gasteiger partial charge in [0.2, 0.25) is 0 Å². The number of halogens is 1. The maximum absolute atomic E-state index is 11.1. The Morgan fingerprint density at radius 2 is 0.897 bits per heavy atom. The number of nitrogens with zero attached hydrogens (tertiary/aromatic N) is 8. The molecule has 0 aliphatic carbocycles. The Labute approximate surface area is 232 Å². The van der Waals surface area contributed by atoms with E-state index in [9.17, 15) is 20.8 Å². The third-order valence-corrected chi connectivity index (χ3v) is 9.65. The molecule has 0 saturated carbocycles. The van der Waals surface area contributed by atoms with Gasteiger partial charge in [0.25, 0.3) is 0 Å². The fourth-order valence-electron chi connectivity index (χ4n) is 5.27. The largest absolute Gasteiger partial charge is 0.311 e. The maximum atomic E-state index is 11.1. The monoisotopic (exact) mass is 560 g/mol. The van der Waals surface area contributed by atoms with Crippen LogP contribution in [-0.4, -0.2) is 82.3 Å². The van der Waals surface area contributed by atoms with Crippen LogP contribution in [0, 0.1) is 0 Å². The molecule has 13 heteroatoms. The van der Waals surface area contributed by atoms with Crippen molar-refractivity contribution >= 4 is 11.6 Å². The molecule has 212 valence electrons.